The first-order valence-electron chi connectivity index (χ1n) is 6.18. The van der Waals surface area contributed by atoms with Crippen molar-refractivity contribution in [2.24, 2.45) is 5.92 Å². The van der Waals surface area contributed by atoms with E-state index in [9.17, 15) is 9.50 Å². The first-order chi connectivity index (χ1) is 7.75. The van der Waals surface area contributed by atoms with Gasteiger partial charge in [0.25, 0.3) is 0 Å². The van der Waals surface area contributed by atoms with E-state index < -0.39 is 0 Å². The zero-order chi connectivity index (χ0) is 11.4. The minimum absolute atomic E-state index is 0.137. The van der Waals surface area contributed by atoms with Crippen LogP contribution in [0.3, 0.4) is 0 Å². The van der Waals surface area contributed by atoms with Gasteiger partial charge in [-0.15, -0.1) is 0 Å². The highest BCUT2D eigenvalue weighted by Gasteiger charge is 2.22. The van der Waals surface area contributed by atoms with Gasteiger partial charge >= 0.3 is 0 Å². The van der Waals surface area contributed by atoms with Crippen molar-refractivity contribution in [3.63, 3.8) is 0 Å². The molecule has 1 saturated carbocycles. The normalized spacial score (nSPS) is 25.6. The predicted molar refractivity (Wildman–Crippen MR) is 62.7 cm³/mol. The van der Waals surface area contributed by atoms with E-state index in [2.05, 4.69) is 0 Å². The van der Waals surface area contributed by atoms with Gasteiger partial charge in [-0.1, -0.05) is 25.0 Å². The summed E-state index contributed by atoms with van der Waals surface area (Å²) in [6.07, 6.45) is 6.15. The number of hydrogen-bond donors (Lipinski definition) is 1. The number of benzene rings is 1. The van der Waals surface area contributed by atoms with Gasteiger partial charge in [-0.25, -0.2) is 4.39 Å². The van der Waals surface area contributed by atoms with Gasteiger partial charge in [0, 0.05) is 0 Å². The first kappa shape index (κ1) is 11.6. The minimum atomic E-state index is -0.165. The zero-order valence-corrected chi connectivity index (χ0v) is 9.53. The van der Waals surface area contributed by atoms with Gasteiger partial charge in [-0.05, 0) is 49.3 Å². The molecule has 1 N–H and O–H groups in total. The van der Waals surface area contributed by atoms with Gasteiger partial charge in [0.1, 0.15) is 5.82 Å². The monoisotopic (exact) mass is 222 g/mol. The van der Waals surface area contributed by atoms with Crippen LogP contribution in [-0.4, -0.2) is 11.2 Å². The van der Waals surface area contributed by atoms with Crippen LogP contribution in [0.1, 0.15) is 37.7 Å². The molecule has 2 unspecified atom stereocenters. The number of aliphatic hydroxyl groups excluding tert-OH is 1. The summed E-state index contributed by atoms with van der Waals surface area (Å²) < 4.78 is 13.0. The molecular weight excluding hydrogens is 203 g/mol. The summed E-state index contributed by atoms with van der Waals surface area (Å²) in [4.78, 5) is 0. The Balaban J connectivity index is 1.86. The smallest absolute Gasteiger partial charge is 0.123 e. The molecule has 88 valence electrons. The lowest BCUT2D eigenvalue weighted by Crippen LogP contribution is -2.24. The molecule has 16 heavy (non-hydrogen) atoms. The summed E-state index contributed by atoms with van der Waals surface area (Å²) in [5.74, 6) is 0.249. The summed E-state index contributed by atoms with van der Waals surface area (Å²) in [5, 5.41) is 9.83. The zero-order valence-electron chi connectivity index (χ0n) is 9.53. The van der Waals surface area contributed by atoms with Crippen molar-refractivity contribution in [1.82, 2.24) is 0 Å². The molecule has 1 aromatic carbocycles. The molecule has 1 aromatic rings. The van der Waals surface area contributed by atoms with E-state index in [0.29, 0.717) is 5.92 Å². The number of rotatable bonds is 3. The van der Waals surface area contributed by atoms with Crippen LogP contribution in [0.2, 0.25) is 0 Å². The van der Waals surface area contributed by atoms with Crippen LogP contribution in [0.5, 0.6) is 0 Å². The molecule has 0 aromatic heterocycles. The van der Waals surface area contributed by atoms with Gasteiger partial charge in [-0.3, -0.25) is 0 Å². The largest absolute Gasteiger partial charge is 0.393 e. The average molecular weight is 222 g/mol. The average Bonchev–Trinajstić information content (AvgIpc) is 2.28. The summed E-state index contributed by atoms with van der Waals surface area (Å²) in [7, 11) is 0. The lowest BCUT2D eigenvalue weighted by molar-refractivity contribution is 0.0655. The Kier molecular flexibility index (Phi) is 3.94. The van der Waals surface area contributed by atoms with Crippen molar-refractivity contribution < 1.29 is 9.50 Å². The van der Waals surface area contributed by atoms with Gasteiger partial charge in [0.2, 0.25) is 0 Å². The molecule has 1 fully saturated rings. The Morgan fingerprint density at radius 3 is 2.81 bits per heavy atom. The van der Waals surface area contributed by atoms with Gasteiger partial charge < -0.3 is 5.11 Å². The van der Waals surface area contributed by atoms with E-state index in [-0.39, 0.29) is 11.9 Å². The highest BCUT2D eigenvalue weighted by atomic mass is 19.1. The molecule has 0 spiro atoms. The number of aliphatic hydroxyl groups is 1. The lowest BCUT2D eigenvalue weighted by atomic mass is 9.83. The summed E-state index contributed by atoms with van der Waals surface area (Å²) in [6.45, 7) is 0. The summed E-state index contributed by atoms with van der Waals surface area (Å²) in [5.41, 5.74) is 1.04. The van der Waals surface area contributed by atoms with Gasteiger partial charge in [-0.2, -0.15) is 0 Å². The van der Waals surface area contributed by atoms with E-state index in [1.807, 2.05) is 6.07 Å². The highest BCUT2D eigenvalue weighted by Crippen LogP contribution is 2.28. The first-order valence-corrected chi connectivity index (χ1v) is 6.18. The standard InChI is InChI=1S/C14H19FO/c15-13-6-3-4-11(10-13)8-9-12-5-1-2-7-14(12)16/h3-4,6,10,12,14,16H,1-2,5,7-9H2. The number of hydrogen-bond acceptors (Lipinski definition) is 1. The van der Waals surface area contributed by atoms with Crippen LogP contribution in [0, 0.1) is 11.7 Å². The maximum atomic E-state index is 13.0. The van der Waals surface area contributed by atoms with Crippen LogP contribution in [0.15, 0.2) is 24.3 Å². The van der Waals surface area contributed by atoms with E-state index in [1.165, 1.54) is 12.5 Å². The highest BCUT2D eigenvalue weighted by molar-refractivity contribution is 5.16. The van der Waals surface area contributed by atoms with Crippen molar-refractivity contribution in [1.29, 1.82) is 0 Å². The Morgan fingerprint density at radius 1 is 1.25 bits per heavy atom. The van der Waals surface area contributed by atoms with Gasteiger partial charge in [0.15, 0.2) is 0 Å². The van der Waals surface area contributed by atoms with E-state index in [4.69, 9.17) is 0 Å². The van der Waals surface area contributed by atoms with Crippen LogP contribution in [-0.2, 0) is 6.42 Å². The Bertz CT molecular complexity index is 337. The second kappa shape index (κ2) is 5.44. The van der Waals surface area contributed by atoms with E-state index in [0.717, 1.165) is 37.7 Å². The maximum absolute atomic E-state index is 13.0. The predicted octanol–water partition coefficient (Wildman–Crippen LogP) is 3.31. The molecule has 2 atom stereocenters. The molecule has 0 saturated heterocycles. The quantitative estimate of drug-likeness (QED) is 0.832. The van der Waals surface area contributed by atoms with E-state index >= 15 is 0 Å². The topological polar surface area (TPSA) is 20.2 Å². The molecule has 2 rings (SSSR count). The fourth-order valence-corrected chi connectivity index (χ4v) is 2.57. The third-order valence-electron chi connectivity index (χ3n) is 3.56. The molecule has 1 aliphatic rings. The Labute approximate surface area is 96.3 Å². The van der Waals surface area contributed by atoms with Crippen molar-refractivity contribution in [2.45, 2.75) is 44.6 Å². The molecule has 1 aliphatic carbocycles. The summed E-state index contributed by atoms with van der Waals surface area (Å²) >= 11 is 0. The van der Waals surface area contributed by atoms with Crippen LogP contribution in [0.4, 0.5) is 4.39 Å². The maximum Gasteiger partial charge on any atom is 0.123 e. The molecule has 0 radical (unpaired) electrons. The van der Waals surface area contributed by atoms with Crippen molar-refractivity contribution in [3.05, 3.63) is 35.6 Å². The van der Waals surface area contributed by atoms with Crippen LogP contribution >= 0.6 is 0 Å². The molecule has 0 amide bonds. The number of halogens is 1. The fourth-order valence-electron chi connectivity index (χ4n) is 2.57. The lowest BCUT2D eigenvalue weighted by Gasteiger charge is -2.27. The van der Waals surface area contributed by atoms with Crippen LogP contribution in [0.25, 0.3) is 0 Å². The second-order valence-corrected chi connectivity index (χ2v) is 4.78. The van der Waals surface area contributed by atoms with Crippen LogP contribution < -0.4 is 0 Å². The Hall–Kier alpha value is -0.890. The minimum Gasteiger partial charge on any atom is -0.393 e. The molecule has 2 heteroatoms. The molecular formula is C14H19FO. The third kappa shape index (κ3) is 3.05. The molecule has 0 aliphatic heterocycles. The number of aryl methyl sites for hydroxylation is 1. The fraction of sp³-hybridized carbons (Fsp3) is 0.571. The van der Waals surface area contributed by atoms with Gasteiger partial charge in [0.05, 0.1) is 6.10 Å². The molecule has 1 nitrogen and oxygen atoms in total. The molecule has 0 bridgehead atoms. The summed E-state index contributed by atoms with van der Waals surface area (Å²) in [6, 6.07) is 6.77. The molecule has 0 heterocycles. The van der Waals surface area contributed by atoms with E-state index in [1.54, 1.807) is 12.1 Å². The van der Waals surface area contributed by atoms with Crippen molar-refractivity contribution >= 4 is 0 Å². The van der Waals surface area contributed by atoms with Crippen molar-refractivity contribution in [3.8, 4) is 0 Å². The SMILES string of the molecule is OC1CCCCC1CCc1cccc(F)c1. The van der Waals surface area contributed by atoms with Crippen molar-refractivity contribution in [2.75, 3.05) is 0 Å². The third-order valence-corrected chi connectivity index (χ3v) is 3.56. The Morgan fingerprint density at radius 2 is 2.06 bits per heavy atom. The second-order valence-electron chi connectivity index (χ2n) is 4.78.